The second-order valence-electron chi connectivity index (χ2n) is 5.26. The van der Waals surface area contributed by atoms with Crippen molar-refractivity contribution in [2.75, 3.05) is 11.4 Å². The number of halogens is 1. The number of carbonyl (C=O) groups is 1. The minimum Gasteiger partial charge on any atom is -0.292 e. The van der Waals surface area contributed by atoms with Crippen LogP contribution in [0.5, 0.6) is 0 Å². The van der Waals surface area contributed by atoms with E-state index in [4.69, 9.17) is 0 Å². The maximum absolute atomic E-state index is 13.4. The first kappa shape index (κ1) is 12.9. The monoisotopic (exact) mass is 293 g/mol. The van der Waals surface area contributed by atoms with Crippen molar-refractivity contribution >= 4 is 22.6 Å². The van der Waals surface area contributed by atoms with Gasteiger partial charge < -0.3 is 0 Å². The molecule has 1 aromatic carbocycles. The van der Waals surface area contributed by atoms with E-state index in [1.807, 2.05) is 6.07 Å². The summed E-state index contributed by atoms with van der Waals surface area (Å²) in [7, 11) is 0. The lowest BCUT2D eigenvalue weighted by atomic mass is 10.1. The number of amides is 1. The number of benzene rings is 1. The van der Waals surface area contributed by atoms with Crippen molar-refractivity contribution in [2.45, 2.75) is 6.42 Å². The van der Waals surface area contributed by atoms with Crippen molar-refractivity contribution in [3.05, 3.63) is 65.7 Å². The van der Waals surface area contributed by atoms with Gasteiger partial charge in [-0.05, 0) is 42.3 Å². The first-order chi connectivity index (χ1) is 10.7. The Labute approximate surface area is 126 Å². The van der Waals surface area contributed by atoms with Crippen LogP contribution in [0.1, 0.15) is 15.9 Å². The number of aromatic nitrogens is 2. The van der Waals surface area contributed by atoms with Gasteiger partial charge >= 0.3 is 0 Å². The van der Waals surface area contributed by atoms with Gasteiger partial charge in [0.1, 0.15) is 11.6 Å². The Bertz CT molecular complexity index is 880. The molecule has 0 bridgehead atoms. The largest absolute Gasteiger partial charge is 0.292 e. The van der Waals surface area contributed by atoms with Crippen molar-refractivity contribution in [1.82, 2.24) is 9.97 Å². The molecule has 4 nitrogen and oxygen atoms in total. The van der Waals surface area contributed by atoms with Gasteiger partial charge in [-0.25, -0.2) is 9.37 Å². The molecule has 0 fully saturated rings. The Morgan fingerprint density at radius 3 is 2.95 bits per heavy atom. The van der Waals surface area contributed by atoms with Gasteiger partial charge in [-0.1, -0.05) is 0 Å². The molecule has 0 aliphatic carbocycles. The first-order valence-electron chi connectivity index (χ1n) is 7.03. The molecule has 0 saturated carbocycles. The summed E-state index contributed by atoms with van der Waals surface area (Å²) in [5.74, 6) is 0.158. The molecule has 0 radical (unpaired) electrons. The van der Waals surface area contributed by atoms with Gasteiger partial charge in [-0.2, -0.15) is 0 Å². The molecule has 3 heterocycles. The number of hydrogen-bond acceptors (Lipinski definition) is 3. The molecule has 1 amide bonds. The zero-order valence-electron chi connectivity index (χ0n) is 11.7. The smallest absolute Gasteiger partial charge is 0.261 e. The Balaban J connectivity index is 1.80. The third-order valence-corrected chi connectivity index (χ3v) is 3.85. The van der Waals surface area contributed by atoms with Gasteiger partial charge in [0.15, 0.2) is 0 Å². The maximum Gasteiger partial charge on any atom is 0.261 e. The number of anilines is 1. The minimum absolute atomic E-state index is 0.130. The molecule has 5 heteroatoms. The van der Waals surface area contributed by atoms with Crippen LogP contribution < -0.4 is 4.90 Å². The van der Waals surface area contributed by atoms with Gasteiger partial charge in [-0.3, -0.25) is 14.7 Å². The molecule has 2 aromatic heterocycles. The molecule has 0 unspecified atom stereocenters. The molecule has 1 aliphatic rings. The predicted octanol–water partition coefficient (Wildman–Crippen LogP) is 2.97. The average molecular weight is 293 g/mol. The zero-order chi connectivity index (χ0) is 15.1. The number of hydrogen-bond donors (Lipinski definition) is 0. The second kappa shape index (κ2) is 4.87. The molecule has 0 N–H and O–H groups in total. The summed E-state index contributed by atoms with van der Waals surface area (Å²) in [6, 6.07) is 9.96. The molecule has 0 atom stereocenters. The zero-order valence-corrected chi connectivity index (χ0v) is 11.7. The van der Waals surface area contributed by atoms with Crippen molar-refractivity contribution in [1.29, 1.82) is 0 Å². The fourth-order valence-corrected chi connectivity index (χ4v) is 2.77. The summed E-state index contributed by atoms with van der Waals surface area (Å²) in [5, 5.41) is 0.885. The Hall–Kier alpha value is -2.82. The highest BCUT2D eigenvalue weighted by Gasteiger charge is 2.27. The lowest BCUT2D eigenvalue weighted by molar-refractivity contribution is 0.0988. The van der Waals surface area contributed by atoms with Gasteiger partial charge in [0.25, 0.3) is 5.91 Å². The summed E-state index contributed by atoms with van der Waals surface area (Å²) in [5.41, 5.74) is 2.09. The van der Waals surface area contributed by atoms with Crippen molar-refractivity contribution in [2.24, 2.45) is 0 Å². The van der Waals surface area contributed by atoms with E-state index in [1.54, 1.807) is 35.5 Å². The predicted molar refractivity (Wildman–Crippen MR) is 81.3 cm³/mol. The van der Waals surface area contributed by atoms with E-state index < -0.39 is 0 Å². The standard InChI is InChI=1S/C17H12FN3O/c18-14-4-3-11-8-12-5-7-21(16(12)20-15(11)9-14)17(22)13-2-1-6-19-10-13/h1-4,6,8-10H,5,7H2. The number of carbonyl (C=O) groups excluding carboxylic acids is 1. The van der Waals surface area contributed by atoms with Crippen LogP contribution in [0.3, 0.4) is 0 Å². The molecule has 0 spiro atoms. The van der Waals surface area contributed by atoms with Crippen LogP contribution in [-0.2, 0) is 6.42 Å². The highest BCUT2D eigenvalue weighted by molar-refractivity contribution is 6.07. The number of rotatable bonds is 1. The van der Waals surface area contributed by atoms with E-state index in [9.17, 15) is 9.18 Å². The number of nitrogens with zero attached hydrogens (tertiary/aromatic N) is 3. The van der Waals surface area contributed by atoms with Crippen molar-refractivity contribution in [3.8, 4) is 0 Å². The number of fused-ring (bicyclic) bond motifs is 2. The Morgan fingerprint density at radius 1 is 1.23 bits per heavy atom. The van der Waals surface area contributed by atoms with Crippen LogP contribution in [0.4, 0.5) is 10.2 Å². The molecular weight excluding hydrogens is 281 g/mol. The summed E-state index contributed by atoms with van der Waals surface area (Å²) in [6.45, 7) is 0.578. The molecule has 0 saturated heterocycles. The third kappa shape index (κ3) is 2.02. The Kier molecular flexibility index (Phi) is 2.85. The summed E-state index contributed by atoms with van der Waals surface area (Å²) in [6.07, 6.45) is 3.92. The van der Waals surface area contributed by atoms with E-state index in [0.717, 1.165) is 17.4 Å². The van der Waals surface area contributed by atoms with Gasteiger partial charge in [0, 0.05) is 30.4 Å². The lowest BCUT2D eigenvalue weighted by Crippen LogP contribution is -2.29. The van der Waals surface area contributed by atoms with Gasteiger partial charge in [-0.15, -0.1) is 0 Å². The second-order valence-corrected chi connectivity index (χ2v) is 5.26. The van der Waals surface area contributed by atoms with Crippen LogP contribution in [0, 0.1) is 5.82 Å². The topological polar surface area (TPSA) is 46.1 Å². The molecule has 108 valence electrons. The van der Waals surface area contributed by atoms with E-state index in [-0.39, 0.29) is 11.7 Å². The highest BCUT2D eigenvalue weighted by atomic mass is 19.1. The van der Waals surface area contributed by atoms with Crippen LogP contribution in [0.15, 0.2) is 48.8 Å². The normalized spacial score (nSPS) is 13.4. The summed E-state index contributed by atoms with van der Waals surface area (Å²) >= 11 is 0. The average Bonchev–Trinajstić information content (AvgIpc) is 2.95. The van der Waals surface area contributed by atoms with Gasteiger partial charge in [0.05, 0.1) is 11.1 Å². The molecule has 1 aliphatic heterocycles. The quantitative estimate of drug-likeness (QED) is 0.693. The lowest BCUT2D eigenvalue weighted by Gasteiger charge is -2.16. The van der Waals surface area contributed by atoms with Crippen LogP contribution in [-0.4, -0.2) is 22.4 Å². The van der Waals surface area contributed by atoms with Crippen molar-refractivity contribution in [3.63, 3.8) is 0 Å². The summed E-state index contributed by atoms with van der Waals surface area (Å²) in [4.78, 5) is 22.7. The Morgan fingerprint density at radius 2 is 2.14 bits per heavy atom. The van der Waals surface area contributed by atoms with E-state index >= 15 is 0 Å². The molecule has 4 rings (SSSR count). The SMILES string of the molecule is O=C(c1cccnc1)N1CCc2cc3ccc(F)cc3nc21. The minimum atomic E-state index is -0.330. The fourth-order valence-electron chi connectivity index (χ4n) is 2.77. The van der Waals surface area contributed by atoms with Crippen LogP contribution in [0.2, 0.25) is 0 Å². The molecule has 3 aromatic rings. The van der Waals surface area contributed by atoms with E-state index in [1.165, 1.54) is 12.1 Å². The third-order valence-electron chi connectivity index (χ3n) is 3.85. The van der Waals surface area contributed by atoms with E-state index in [2.05, 4.69) is 9.97 Å². The summed E-state index contributed by atoms with van der Waals surface area (Å²) < 4.78 is 13.4. The maximum atomic E-state index is 13.4. The van der Waals surface area contributed by atoms with Crippen molar-refractivity contribution < 1.29 is 9.18 Å². The molecular formula is C17H12FN3O. The van der Waals surface area contributed by atoms with Crippen LogP contribution in [0.25, 0.3) is 10.9 Å². The van der Waals surface area contributed by atoms with Gasteiger partial charge in [0.2, 0.25) is 0 Å². The molecule has 22 heavy (non-hydrogen) atoms. The number of pyridine rings is 2. The fraction of sp³-hybridized carbons (Fsp3) is 0.118. The van der Waals surface area contributed by atoms with E-state index in [0.29, 0.717) is 23.4 Å². The first-order valence-corrected chi connectivity index (χ1v) is 7.03. The van der Waals surface area contributed by atoms with Crippen LogP contribution >= 0.6 is 0 Å². The highest BCUT2D eigenvalue weighted by Crippen LogP contribution is 2.30.